The molecule has 162 valence electrons. The third kappa shape index (κ3) is 3.86. The molecule has 2 saturated heterocycles. The van der Waals surface area contributed by atoms with Crippen molar-refractivity contribution in [2.45, 2.75) is 114 Å². The lowest BCUT2D eigenvalue weighted by Gasteiger charge is -2.66. The van der Waals surface area contributed by atoms with Crippen LogP contribution in [0.4, 0.5) is 0 Å². The van der Waals surface area contributed by atoms with E-state index >= 15 is 0 Å². The summed E-state index contributed by atoms with van der Waals surface area (Å²) in [6.45, 7) is 26.8. The fourth-order valence-corrected chi connectivity index (χ4v) is 6.91. The number of rotatable bonds is 5. The highest BCUT2D eigenvalue weighted by Gasteiger charge is 2.64. The molecule has 2 N–H and O–H groups in total. The average Bonchev–Trinajstić information content (AvgIpc) is 2.44. The van der Waals surface area contributed by atoms with Crippen LogP contribution in [0.3, 0.4) is 0 Å². The normalized spacial score (nSPS) is 30.5. The monoisotopic (exact) mass is 392 g/mol. The Kier molecular flexibility index (Phi) is 5.85. The van der Waals surface area contributed by atoms with Crippen LogP contribution in [0.2, 0.25) is 0 Å². The summed E-state index contributed by atoms with van der Waals surface area (Å²) in [4.78, 5) is 4.82. The van der Waals surface area contributed by atoms with Crippen molar-refractivity contribution < 1.29 is 10.2 Å². The maximum absolute atomic E-state index is 12.1. The van der Waals surface area contributed by atoms with Gasteiger partial charge in [-0.2, -0.15) is 0 Å². The minimum Gasteiger partial charge on any atom is -0.387 e. The molecule has 0 aromatic carbocycles. The van der Waals surface area contributed by atoms with Crippen molar-refractivity contribution in [3.63, 3.8) is 0 Å². The smallest absolute Gasteiger partial charge is 0.0969 e. The van der Waals surface area contributed by atoms with Gasteiger partial charge in [-0.1, -0.05) is 12.2 Å². The molecule has 0 aromatic heterocycles. The van der Waals surface area contributed by atoms with Gasteiger partial charge in [0, 0.05) is 35.2 Å². The predicted molar refractivity (Wildman–Crippen MR) is 118 cm³/mol. The number of hydrogen-bond donors (Lipinski definition) is 2. The van der Waals surface area contributed by atoms with Crippen molar-refractivity contribution in [3.05, 3.63) is 25.3 Å². The molecule has 2 rings (SSSR count). The highest BCUT2D eigenvalue weighted by Crippen LogP contribution is 2.55. The molecular weight excluding hydrogens is 348 g/mol. The first-order chi connectivity index (χ1) is 12.5. The third-order valence-electron chi connectivity index (χ3n) is 7.31. The minimum atomic E-state index is -1.15. The second kappa shape index (κ2) is 6.94. The van der Waals surface area contributed by atoms with Crippen molar-refractivity contribution in [3.8, 4) is 0 Å². The molecule has 0 aliphatic carbocycles. The molecule has 2 aliphatic rings. The van der Waals surface area contributed by atoms with Crippen LogP contribution in [0.1, 0.15) is 81.1 Å². The molecule has 0 unspecified atom stereocenters. The summed E-state index contributed by atoms with van der Waals surface area (Å²) in [5.41, 5.74) is -3.27. The van der Waals surface area contributed by atoms with Crippen molar-refractivity contribution in [1.29, 1.82) is 0 Å². The molecule has 4 heteroatoms. The third-order valence-corrected chi connectivity index (χ3v) is 7.31. The molecule has 0 bridgehead atoms. The molecule has 0 atom stereocenters. The summed E-state index contributed by atoms with van der Waals surface area (Å²) in [6.07, 6.45) is 6.04. The summed E-state index contributed by atoms with van der Waals surface area (Å²) >= 11 is 0. The fourth-order valence-electron chi connectivity index (χ4n) is 6.91. The van der Waals surface area contributed by atoms with Gasteiger partial charge in [-0.05, 0) is 81.1 Å². The van der Waals surface area contributed by atoms with Gasteiger partial charge in [-0.3, -0.25) is 9.80 Å². The van der Waals surface area contributed by atoms with Gasteiger partial charge < -0.3 is 10.2 Å². The Morgan fingerprint density at radius 2 is 0.821 bits per heavy atom. The second-order valence-corrected chi connectivity index (χ2v) is 11.8. The van der Waals surface area contributed by atoms with E-state index in [1.165, 1.54) is 0 Å². The first kappa shape index (κ1) is 23.6. The maximum Gasteiger partial charge on any atom is 0.0969 e. The molecule has 2 aliphatic heterocycles. The summed E-state index contributed by atoms with van der Waals surface area (Å²) in [6, 6.07) is 0. The summed E-state index contributed by atoms with van der Waals surface area (Å²) < 4.78 is 0. The molecule has 0 spiro atoms. The number of piperidine rings is 2. The lowest BCUT2D eigenvalue weighted by atomic mass is 9.57. The van der Waals surface area contributed by atoms with Crippen molar-refractivity contribution >= 4 is 0 Å². The number of hydrogen-bond acceptors (Lipinski definition) is 4. The first-order valence-electron chi connectivity index (χ1n) is 10.7. The summed E-state index contributed by atoms with van der Waals surface area (Å²) in [5, 5.41) is 24.1. The predicted octanol–water partition coefficient (Wildman–Crippen LogP) is 4.13. The maximum atomic E-state index is 12.1. The van der Waals surface area contributed by atoms with Gasteiger partial charge in [-0.25, -0.2) is 0 Å². The van der Waals surface area contributed by atoms with Gasteiger partial charge in [0.2, 0.25) is 0 Å². The zero-order valence-electron chi connectivity index (χ0n) is 19.6. The Morgan fingerprint density at radius 1 is 0.607 bits per heavy atom. The van der Waals surface area contributed by atoms with Crippen molar-refractivity contribution in [1.82, 2.24) is 9.80 Å². The highest BCUT2D eigenvalue weighted by atomic mass is 16.4. The van der Waals surface area contributed by atoms with Crippen molar-refractivity contribution in [2.24, 2.45) is 0 Å². The van der Waals surface area contributed by atoms with E-state index in [-0.39, 0.29) is 22.2 Å². The van der Waals surface area contributed by atoms with Crippen LogP contribution in [0.5, 0.6) is 0 Å². The molecule has 0 radical (unpaired) electrons. The Morgan fingerprint density at radius 3 is 1.00 bits per heavy atom. The fraction of sp³-hybridized carbons (Fsp3) is 0.833. The molecule has 0 saturated carbocycles. The Bertz CT molecular complexity index is 528. The van der Waals surface area contributed by atoms with E-state index in [9.17, 15) is 10.2 Å². The van der Waals surface area contributed by atoms with E-state index in [0.717, 1.165) is 13.1 Å². The zero-order valence-corrected chi connectivity index (χ0v) is 19.6. The van der Waals surface area contributed by atoms with Gasteiger partial charge in [0.25, 0.3) is 0 Å². The molecular formula is C24H44N2O2. The van der Waals surface area contributed by atoms with Gasteiger partial charge in [-0.15, -0.1) is 13.2 Å². The topological polar surface area (TPSA) is 46.9 Å². The molecule has 0 aromatic rings. The second-order valence-electron chi connectivity index (χ2n) is 11.8. The highest BCUT2D eigenvalue weighted by molar-refractivity contribution is 5.19. The van der Waals surface area contributed by atoms with Crippen LogP contribution in [-0.4, -0.2) is 66.5 Å². The van der Waals surface area contributed by atoms with Gasteiger partial charge >= 0.3 is 0 Å². The Hall–Kier alpha value is -0.680. The number of likely N-dealkylation sites (tertiary alicyclic amines) is 2. The van der Waals surface area contributed by atoms with E-state index in [2.05, 4.69) is 78.3 Å². The zero-order chi connectivity index (χ0) is 21.8. The van der Waals surface area contributed by atoms with E-state index < -0.39 is 11.2 Å². The van der Waals surface area contributed by atoms with Crippen LogP contribution < -0.4 is 0 Å². The van der Waals surface area contributed by atoms with Gasteiger partial charge in [0.15, 0.2) is 0 Å². The lowest BCUT2D eigenvalue weighted by molar-refractivity contribution is -0.260. The van der Waals surface area contributed by atoms with E-state index in [1.807, 2.05) is 12.2 Å². The SMILES string of the molecule is C=CCN1C(C)(C)CC(O)(C2(O)CC(C)(C)N(CC=C)C(C)(C)C2)CC1(C)C. The van der Waals surface area contributed by atoms with E-state index in [0.29, 0.717) is 25.7 Å². The molecule has 2 fully saturated rings. The lowest BCUT2D eigenvalue weighted by Crippen LogP contribution is -2.76. The van der Waals surface area contributed by atoms with Gasteiger partial charge in [0.1, 0.15) is 0 Å². The Balaban J connectivity index is 2.48. The number of nitrogens with zero attached hydrogens (tertiary/aromatic N) is 2. The van der Waals surface area contributed by atoms with E-state index in [4.69, 9.17) is 0 Å². The largest absolute Gasteiger partial charge is 0.387 e. The molecule has 28 heavy (non-hydrogen) atoms. The summed E-state index contributed by atoms with van der Waals surface area (Å²) in [7, 11) is 0. The van der Waals surface area contributed by atoms with Crippen molar-refractivity contribution in [2.75, 3.05) is 13.1 Å². The molecule has 4 nitrogen and oxygen atoms in total. The van der Waals surface area contributed by atoms with Crippen LogP contribution in [0.25, 0.3) is 0 Å². The quantitative estimate of drug-likeness (QED) is 0.691. The summed E-state index contributed by atoms with van der Waals surface area (Å²) in [5.74, 6) is 0. The standard InChI is InChI=1S/C24H44N2O2/c1-11-13-25-19(3,4)15-23(27,16-20(25,5)6)24(28)17-21(7,8)26(14-12-2)22(9,10)18-24/h11-12,27-28H,1-2,13-18H2,3-10H3. The van der Waals surface area contributed by atoms with Crippen LogP contribution in [0, 0.1) is 0 Å². The average molecular weight is 393 g/mol. The number of aliphatic hydroxyl groups is 2. The van der Waals surface area contributed by atoms with Crippen LogP contribution in [-0.2, 0) is 0 Å². The molecule has 0 amide bonds. The minimum absolute atomic E-state index is 0.243. The first-order valence-corrected chi connectivity index (χ1v) is 10.7. The van der Waals surface area contributed by atoms with E-state index in [1.54, 1.807) is 0 Å². The van der Waals surface area contributed by atoms with Crippen LogP contribution >= 0.6 is 0 Å². The van der Waals surface area contributed by atoms with Gasteiger partial charge in [0.05, 0.1) is 11.2 Å². The van der Waals surface area contributed by atoms with Crippen LogP contribution in [0.15, 0.2) is 25.3 Å². The Labute approximate surface area is 173 Å². The molecule has 2 heterocycles.